The second kappa shape index (κ2) is 5.49. The van der Waals surface area contributed by atoms with Crippen LogP contribution in [0.15, 0.2) is 28.7 Å². The number of fused-ring (bicyclic) bond motifs is 2. The number of aromatic nitrogens is 1. The van der Waals surface area contributed by atoms with Crippen molar-refractivity contribution < 1.29 is 9.21 Å². The van der Waals surface area contributed by atoms with Crippen molar-refractivity contribution in [3.8, 4) is 0 Å². The van der Waals surface area contributed by atoms with Crippen molar-refractivity contribution in [1.82, 2.24) is 4.98 Å². The molecule has 23 heavy (non-hydrogen) atoms. The summed E-state index contributed by atoms with van der Waals surface area (Å²) in [6.45, 7) is 4.17. The first-order valence-electron chi connectivity index (χ1n) is 7.90. The molecule has 1 atom stereocenters. The van der Waals surface area contributed by atoms with Crippen LogP contribution in [0.2, 0.25) is 0 Å². The molecule has 0 bridgehead atoms. The van der Waals surface area contributed by atoms with E-state index < -0.39 is 0 Å². The van der Waals surface area contributed by atoms with Crippen LogP contribution in [-0.4, -0.2) is 10.9 Å². The van der Waals surface area contributed by atoms with Gasteiger partial charge in [0, 0.05) is 15.8 Å². The fourth-order valence-corrected chi connectivity index (χ4v) is 4.30. The molecular weight excluding hydrogens is 308 g/mol. The molecule has 0 spiro atoms. The first-order chi connectivity index (χ1) is 11.1. The summed E-state index contributed by atoms with van der Waals surface area (Å²) in [6.07, 6.45) is 3.24. The fraction of sp³-hybridized carbons (Fsp3) is 0.333. The predicted octanol–water partition coefficient (Wildman–Crippen LogP) is 4.57. The van der Waals surface area contributed by atoms with E-state index in [1.165, 1.54) is 11.3 Å². The number of para-hydroxylation sites is 1. The first kappa shape index (κ1) is 14.5. The van der Waals surface area contributed by atoms with Crippen molar-refractivity contribution in [1.29, 1.82) is 0 Å². The number of nitrogens with one attached hydrogen (secondary N) is 1. The highest BCUT2D eigenvalue weighted by Crippen LogP contribution is 2.33. The van der Waals surface area contributed by atoms with Gasteiger partial charge < -0.3 is 4.42 Å². The lowest BCUT2D eigenvalue weighted by Crippen LogP contribution is -2.12. The zero-order valence-corrected chi connectivity index (χ0v) is 14.0. The normalized spacial score (nSPS) is 17.2. The number of aryl methyl sites for hydroxylation is 2. The minimum Gasteiger partial charge on any atom is -0.451 e. The minimum atomic E-state index is -0.224. The number of rotatable bonds is 2. The highest BCUT2D eigenvalue weighted by Gasteiger charge is 2.22. The van der Waals surface area contributed by atoms with Crippen LogP contribution in [-0.2, 0) is 12.8 Å². The molecule has 0 fully saturated rings. The van der Waals surface area contributed by atoms with Crippen LogP contribution < -0.4 is 5.32 Å². The molecule has 1 aromatic carbocycles. The molecule has 0 unspecified atom stereocenters. The Bertz CT molecular complexity index is 894. The van der Waals surface area contributed by atoms with E-state index in [0.29, 0.717) is 16.8 Å². The van der Waals surface area contributed by atoms with E-state index in [1.807, 2.05) is 31.2 Å². The topological polar surface area (TPSA) is 55.1 Å². The number of thiazole rings is 1. The van der Waals surface area contributed by atoms with Gasteiger partial charge in [-0.15, -0.1) is 11.3 Å². The molecule has 4 nitrogen and oxygen atoms in total. The van der Waals surface area contributed by atoms with E-state index in [9.17, 15) is 4.79 Å². The van der Waals surface area contributed by atoms with Crippen LogP contribution in [0.5, 0.6) is 0 Å². The Kier molecular flexibility index (Phi) is 3.45. The van der Waals surface area contributed by atoms with Crippen LogP contribution in [0.3, 0.4) is 0 Å². The maximum Gasteiger partial charge on any atom is 0.293 e. The Morgan fingerprint density at radius 3 is 3.04 bits per heavy atom. The van der Waals surface area contributed by atoms with E-state index in [2.05, 4.69) is 17.2 Å². The molecule has 3 aromatic rings. The van der Waals surface area contributed by atoms with Crippen LogP contribution in [0.1, 0.15) is 40.0 Å². The minimum absolute atomic E-state index is 0.224. The molecular formula is C18H18N2O2S. The van der Waals surface area contributed by atoms with Gasteiger partial charge in [-0.1, -0.05) is 25.1 Å². The molecule has 1 amide bonds. The SMILES string of the molecule is Cc1c(C(=O)Nc2nc3c(s2)C[C@@H](C)CC3)oc2ccccc12. The van der Waals surface area contributed by atoms with Gasteiger partial charge in [-0.2, -0.15) is 0 Å². The van der Waals surface area contributed by atoms with Gasteiger partial charge in [0.2, 0.25) is 0 Å². The molecule has 1 aliphatic rings. The summed E-state index contributed by atoms with van der Waals surface area (Å²) < 4.78 is 5.72. The lowest BCUT2D eigenvalue weighted by Gasteiger charge is -2.15. The average Bonchev–Trinajstić information content (AvgIpc) is 3.08. The third kappa shape index (κ3) is 2.55. The van der Waals surface area contributed by atoms with Crippen LogP contribution in [0.4, 0.5) is 5.13 Å². The third-order valence-electron chi connectivity index (χ3n) is 4.46. The van der Waals surface area contributed by atoms with Gasteiger partial charge in [-0.25, -0.2) is 4.98 Å². The van der Waals surface area contributed by atoms with Crippen LogP contribution in [0, 0.1) is 12.8 Å². The molecule has 118 valence electrons. The fourth-order valence-electron chi connectivity index (χ4n) is 3.14. The van der Waals surface area contributed by atoms with E-state index in [4.69, 9.17) is 4.42 Å². The van der Waals surface area contributed by atoms with Crippen LogP contribution in [0.25, 0.3) is 11.0 Å². The smallest absolute Gasteiger partial charge is 0.293 e. The summed E-state index contributed by atoms with van der Waals surface area (Å²) in [7, 11) is 0. The zero-order valence-electron chi connectivity index (χ0n) is 13.2. The number of benzene rings is 1. The largest absolute Gasteiger partial charge is 0.451 e. The summed E-state index contributed by atoms with van der Waals surface area (Å²) in [5.41, 5.74) is 2.75. The molecule has 2 aromatic heterocycles. The summed E-state index contributed by atoms with van der Waals surface area (Å²) in [5, 5.41) is 4.56. The number of nitrogens with zero attached hydrogens (tertiary/aromatic N) is 1. The summed E-state index contributed by atoms with van der Waals surface area (Å²) in [6, 6.07) is 7.70. The molecule has 0 saturated heterocycles. The summed E-state index contributed by atoms with van der Waals surface area (Å²) in [5.74, 6) is 0.842. The highest BCUT2D eigenvalue weighted by atomic mass is 32.1. The molecule has 2 heterocycles. The van der Waals surface area contributed by atoms with Gasteiger partial charge in [-0.05, 0) is 38.2 Å². The number of carbonyl (C=O) groups is 1. The van der Waals surface area contributed by atoms with Crippen molar-refractivity contribution in [3.05, 3.63) is 46.2 Å². The number of hydrogen-bond acceptors (Lipinski definition) is 4. The van der Waals surface area contributed by atoms with E-state index >= 15 is 0 Å². The maximum atomic E-state index is 12.5. The van der Waals surface area contributed by atoms with Gasteiger partial charge in [0.05, 0.1) is 5.69 Å². The predicted molar refractivity (Wildman–Crippen MR) is 92.2 cm³/mol. The number of amides is 1. The first-order valence-corrected chi connectivity index (χ1v) is 8.71. The van der Waals surface area contributed by atoms with Gasteiger partial charge >= 0.3 is 0 Å². The Morgan fingerprint density at radius 2 is 2.22 bits per heavy atom. The van der Waals surface area contributed by atoms with Crippen LogP contribution >= 0.6 is 11.3 Å². The third-order valence-corrected chi connectivity index (χ3v) is 5.49. The van der Waals surface area contributed by atoms with Gasteiger partial charge in [0.15, 0.2) is 10.9 Å². The number of furan rings is 1. The molecule has 0 saturated carbocycles. The summed E-state index contributed by atoms with van der Waals surface area (Å²) in [4.78, 5) is 18.4. The zero-order chi connectivity index (χ0) is 16.0. The Morgan fingerprint density at radius 1 is 1.39 bits per heavy atom. The average molecular weight is 326 g/mol. The maximum absolute atomic E-state index is 12.5. The molecule has 1 aliphatic carbocycles. The van der Waals surface area contributed by atoms with E-state index in [-0.39, 0.29) is 5.91 Å². The molecule has 0 aliphatic heterocycles. The highest BCUT2D eigenvalue weighted by molar-refractivity contribution is 7.15. The molecule has 4 rings (SSSR count). The van der Waals surface area contributed by atoms with Crippen molar-refractivity contribution in [3.63, 3.8) is 0 Å². The Hall–Kier alpha value is -2.14. The number of carbonyl (C=O) groups excluding carboxylic acids is 1. The molecule has 5 heteroatoms. The van der Waals surface area contributed by atoms with Gasteiger partial charge in [0.25, 0.3) is 5.91 Å². The van der Waals surface area contributed by atoms with E-state index in [0.717, 1.165) is 35.1 Å². The van der Waals surface area contributed by atoms with E-state index in [1.54, 1.807) is 11.3 Å². The van der Waals surface area contributed by atoms with Crippen molar-refractivity contribution in [2.75, 3.05) is 5.32 Å². The quantitative estimate of drug-likeness (QED) is 0.750. The molecule has 0 radical (unpaired) electrons. The summed E-state index contributed by atoms with van der Waals surface area (Å²) >= 11 is 1.59. The second-order valence-corrected chi connectivity index (χ2v) is 7.33. The Labute approximate surface area is 138 Å². The van der Waals surface area contributed by atoms with Gasteiger partial charge in [0.1, 0.15) is 5.58 Å². The standard InChI is InChI=1S/C18H18N2O2S/c1-10-7-8-13-15(9-10)23-18(19-13)20-17(21)16-11(2)12-5-3-4-6-14(12)22-16/h3-6,10H,7-9H2,1-2H3,(H,19,20,21)/t10-/m0/s1. The lowest BCUT2D eigenvalue weighted by molar-refractivity contribution is 0.0998. The second-order valence-electron chi connectivity index (χ2n) is 6.24. The van der Waals surface area contributed by atoms with Crippen molar-refractivity contribution in [2.24, 2.45) is 5.92 Å². The molecule has 1 N–H and O–H groups in total. The Balaban J connectivity index is 1.61. The monoisotopic (exact) mass is 326 g/mol. The number of anilines is 1. The van der Waals surface area contributed by atoms with Crippen molar-refractivity contribution >= 4 is 33.3 Å². The van der Waals surface area contributed by atoms with Gasteiger partial charge in [-0.3, -0.25) is 10.1 Å². The number of hydrogen-bond donors (Lipinski definition) is 1. The van der Waals surface area contributed by atoms with Crippen molar-refractivity contribution in [2.45, 2.75) is 33.1 Å². The lowest BCUT2D eigenvalue weighted by atomic mass is 9.93.